The molecule has 0 aromatic carbocycles. The summed E-state index contributed by atoms with van der Waals surface area (Å²) in [4.78, 5) is 4.91. The predicted molar refractivity (Wildman–Crippen MR) is 111 cm³/mol. The molecule has 9 heteroatoms. The highest BCUT2D eigenvalue weighted by atomic mass is 16.3. The maximum atomic E-state index is 9.66. The Labute approximate surface area is 173 Å². The van der Waals surface area contributed by atoms with E-state index in [0.29, 0.717) is 6.04 Å². The lowest BCUT2D eigenvalue weighted by molar-refractivity contribution is 0.0783. The first-order chi connectivity index (χ1) is 14.7. The third-order valence-corrected chi connectivity index (χ3v) is 5.73. The molecule has 0 spiro atoms. The molecule has 0 saturated heterocycles. The van der Waals surface area contributed by atoms with Gasteiger partial charge in [-0.05, 0) is 31.2 Å². The average molecular weight is 407 g/mol. The number of nitrogens with zero attached hydrogens (tertiary/aromatic N) is 7. The molecule has 0 radical (unpaired) electrons. The Morgan fingerprint density at radius 2 is 1.93 bits per heavy atom. The molecule has 4 aromatic rings. The normalized spacial score (nSPS) is 16.2. The van der Waals surface area contributed by atoms with Crippen LogP contribution in [0.5, 0.6) is 0 Å². The van der Waals surface area contributed by atoms with Crippen LogP contribution in [0.3, 0.4) is 0 Å². The van der Waals surface area contributed by atoms with Crippen LogP contribution in [0.15, 0.2) is 43.2 Å². The Morgan fingerprint density at radius 1 is 1.10 bits per heavy atom. The van der Waals surface area contributed by atoms with E-state index in [1.165, 1.54) is 12.8 Å². The van der Waals surface area contributed by atoms with Gasteiger partial charge in [0, 0.05) is 23.5 Å². The Morgan fingerprint density at radius 3 is 2.70 bits per heavy atom. The number of hydrogen-bond donors (Lipinski definition) is 2. The van der Waals surface area contributed by atoms with E-state index in [2.05, 4.69) is 33.1 Å². The van der Waals surface area contributed by atoms with Crippen molar-refractivity contribution in [3.05, 3.63) is 43.2 Å². The number of hydrogen-bond acceptors (Lipinski definition) is 6. The van der Waals surface area contributed by atoms with Crippen LogP contribution in [0.25, 0.3) is 28.0 Å². The maximum Gasteiger partial charge on any atom is 0.0999 e. The Bertz CT molecular complexity index is 1160. The second kappa shape index (κ2) is 7.66. The maximum absolute atomic E-state index is 9.66. The molecule has 0 amide bonds. The van der Waals surface area contributed by atoms with Gasteiger partial charge in [0.2, 0.25) is 0 Å². The van der Waals surface area contributed by atoms with Crippen molar-refractivity contribution in [1.29, 1.82) is 0 Å². The molecule has 1 aliphatic rings. The van der Waals surface area contributed by atoms with Gasteiger partial charge < -0.3 is 10.2 Å². The summed E-state index contributed by atoms with van der Waals surface area (Å²) < 4.78 is 5.50. The van der Waals surface area contributed by atoms with Gasteiger partial charge in [-0.25, -0.2) is 9.50 Å². The topological polar surface area (TPSA) is 106 Å². The molecular formula is C21H25N7O2. The standard InChI is InChI=1S/C21H25N7O2/c1-2-19(14-3-4-14)27-10-16(8-24-27)21-20-5-6-22-28(20)12-18(25-21)15-7-23-26(9-15)11-17(30)13-29/h5-10,12,14,17,19,29-30H,2-4,11,13H2,1H3/t17?,19-/m0/s1. The van der Waals surface area contributed by atoms with Crippen LogP contribution in [-0.2, 0) is 6.54 Å². The molecule has 0 aliphatic heterocycles. The molecule has 1 aliphatic carbocycles. The molecule has 2 atom stereocenters. The monoisotopic (exact) mass is 407 g/mol. The number of aliphatic hydroxyl groups is 2. The first-order valence-corrected chi connectivity index (χ1v) is 10.4. The van der Waals surface area contributed by atoms with Gasteiger partial charge >= 0.3 is 0 Å². The summed E-state index contributed by atoms with van der Waals surface area (Å²) in [7, 11) is 0. The number of fused-ring (bicyclic) bond motifs is 1. The van der Waals surface area contributed by atoms with Crippen molar-refractivity contribution in [3.63, 3.8) is 0 Å². The van der Waals surface area contributed by atoms with Crippen molar-refractivity contribution in [3.8, 4) is 22.5 Å². The first kappa shape index (κ1) is 19.0. The van der Waals surface area contributed by atoms with Gasteiger partial charge in [0.15, 0.2) is 0 Å². The fourth-order valence-electron chi connectivity index (χ4n) is 4.01. The van der Waals surface area contributed by atoms with Gasteiger partial charge in [-0.3, -0.25) is 9.36 Å². The van der Waals surface area contributed by atoms with Gasteiger partial charge in [0.05, 0.1) is 67.0 Å². The minimum atomic E-state index is -0.848. The predicted octanol–water partition coefficient (Wildman–Crippen LogP) is 2.17. The van der Waals surface area contributed by atoms with Gasteiger partial charge in [0.1, 0.15) is 0 Å². The van der Waals surface area contributed by atoms with Crippen molar-refractivity contribution in [2.75, 3.05) is 6.61 Å². The summed E-state index contributed by atoms with van der Waals surface area (Å²) in [5.41, 5.74) is 4.25. The van der Waals surface area contributed by atoms with Crippen molar-refractivity contribution >= 4 is 5.52 Å². The molecule has 1 fully saturated rings. The Balaban J connectivity index is 1.52. The minimum absolute atomic E-state index is 0.222. The minimum Gasteiger partial charge on any atom is -0.394 e. The second-order valence-corrected chi connectivity index (χ2v) is 7.95. The largest absolute Gasteiger partial charge is 0.394 e. The SMILES string of the molecule is CC[C@@H](C1CC1)n1cc(-c2nc(-c3cnn(CC(O)CO)c3)cn3nccc23)cn1. The zero-order valence-electron chi connectivity index (χ0n) is 16.8. The zero-order chi connectivity index (χ0) is 20.7. The lowest BCUT2D eigenvalue weighted by Crippen LogP contribution is -2.19. The van der Waals surface area contributed by atoms with E-state index in [1.54, 1.807) is 17.1 Å². The van der Waals surface area contributed by atoms with Crippen LogP contribution >= 0.6 is 0 Å². The number of aliphatic hydroxyl groups excluding tert-OH is 2. The lowest BCUT2D eigenvalue weighted by atomic mass is 10.1. The van der Waals surface area contributed by atoms with E-state index < -0.39 is 6.10 Å². The van der Waals surface area contributed by atoms with Crippen LogP contribution in [0.1, 0.15) is 32.2 Å². The van der Waals surface area contributed by atoms with Crippen molar-refractivity contribution in [1.82, 2.24) is 34.2 Å². The third-order valence-electron chi connectivity index (χ3n) is 5.73. The smallest absolute Gasteiger partial charge is 0.0999 e. The van der Waals surface area contributed by atoms with Crippen LogP contribution in [0.4, 0.5) is 0 Å². The highest BCUT2D eigenvalue weighted by molar-refractivity contribution is 5.78. The van der Waals surface area contributed by atoms with Crippen molar-refractivity contribution in [2.24, 2.45) is 5.92 Å². The lowest BCUT2D eigenvalue weighted by Gasteiger charge is -2.14. The van der Waals surface area contributed by atoms with E-state index in [9.17, 15) is 5.11 Å². The van der Waals surface area contributed by atoms with E-state index in [0.717, 1.165) is 40.4 Å². The van der Waals surface area contributed by atoms with Crippen LogP contribution in [0, 0.1) is 5.92 Å². The van der Waals surface area contributed by atoms with Crippen LogP contribution in [-0.4, -0.2) is 57.1 Å². The summed E-state index contributed by atoms with van der Waals surface area (Å²) in [5.74, 6) is 0.733. The van der Waals surface area contributed by atoms with Gasteiger partial charge in [-0.15, -0.1) is 0 Å². The number of aromatic nitrogens is 7. The Kier molecular flexibility index (Phi) is 4.84. The van der Waals surface area contributed by atoms with Crippen LogP contribution < -0.4 is 0 Å². The van der Waals surface area contributed by atoms with Crippen molar-refractivity contribution < 1.29 is 10.2 Å². The first-order valence-electron chi connectivity index (χ1n) is 10.4. The molecule has 9 nitrogen and oxygen atoms in total. The Hall–Kier alpha value is -3.04. The van der Waals surface area contributed by atoms with Gasteiger partial charge in [-0.2, -0.15) is 15.3 Å². The zero-order valence-corrected chi connectivity index (χ0v) is 16.8. The summed E-state index contributed by atoms with van der Waals surface area (Å²) in [6.45, 7) is 2.13. The van der Waals surface area contributed by atoms with Crippen LogP contribution in [0.2, 0.25) is 0 Å². The molecule has 30 heavy (non-hydrogen) atoms. The summed E-state index contributed by atoms with van der Waals surface area (Å²) in [5, 5.41) is 32.0. The molecule has 5 rings (SSSR count). The van der Waals surface area contributed by atoms with E-state index >= 15 is 0 Å². The molecule has 4 aromatic heterocycles. The van der Waals surface area contributed by atoms with Gasteiger partial charge in [0.25, 0.3) is 0 Å². The van der Waals surface area contributed by atoms with Gasteiger partial charge in [-0.1, -0.05) is 6.92 Å². The van der Waals surface area contributed by atoms with Crippen molar-refractivity contribution in [2.45, 2.75) is 44.9 Å². The van der Waals surface area contributed by atoms with E-state index in [1.807, 2.05) is 29.2 Å². The summed E-state index contributed by atoms with van der Waals surface area (Å²) in [6.07, 6.45) is 13.9. The second-order valence-electron chi connectivity index (χ2n) is 7.95. The summed E-state index contributed by atoms with van der Waals surface area (Å²) >= 11 is 0. The molecule has 4 heterocycles. The third kappa shape index (κ3) is 3.50. The molecular weight excluding hydrogens is 382 g/mol. The van der Waals surface area contributed by atoms with E-state index in [4.69, 9.17) is 10.1 Å². The number of rotatable bonds is 8. The fourth-order valence-corrected chi connectivity index (χ4v) is 4.01. The molecule has 1 unspecified atom stereocenters. The molecule has 0 bridgehead atoms. The highest BCUT2D eigenvalue weighted by Gasteiger charge is 2.31. The molecule has 1 saturated carbocycles. The molecule has 156 valence electrons. The fraction of sp³-hybridized carbons (Fsp3) is 0.429. The highest BCUT2D eigenvalue weighted by Crippen LogP contribution is 2.41. The molecule has 2 N–H and O–H groups in total. The van der Waals surface area contributed by atoms with E-state index in [-0.39, 0.29) is 13.2 Å². The quantitative estimate of drug-likeness (QED) is 0.464. The average Bonchev–Trinajstić information content (AvgIpc) is 3.15. The summed E-state index contributed by atoms with van der Waals surface area (Å²) in [6, 6.07) is 2.39.